The summed E-state index contributed by atoms with van der Waals surface area (Å²) in [4.78, 5) is 4.14. The zero-order valence-electron chi connectivity index (χ0n) is 12.0. The maximum absolute atomic E-state index is 5.32. The first kappa shape index (κ1) is 14.9. The second-order valence-corrected chi connectivity index (χ2v) is 5.40. The number of pyridine rings is 1. The van der Waals surface area contributed by atoms with Crippen molar-refractivity contribution in [3.8, 4) is 11.4 Å². The highest BCUT2D eigenvalue weighted by molar-refractivity contribution is 7.71. The molecule has 108 valence electrons. The minimum absolute atomic E-state index is 0.692. The number of nitrogens with zero attached hydrogens (tertiary/aromatic N) is 3. The predicted molar refractivity (Wildman–Crippen MR) is 84.0 cm³/mol. The van der Waals surface area contributed by atoms with Crippen LogP contribution in [0, 0.1) is 4.77 Å². The Morgan fingerprint density at radius 2 is 2.00 bits per heavy atom. The maximum Gasteiger partial charge on any atom is 0.195 e. The van der Waals surface area contributed by atoms with Gasteiger partial charge in [0.15, 0.2) is 10.6 Å². The van der Waals surface area contributed by atoms with Crippen molar-refractivity contribution in [2.45, 2.75) is 52.0 Å². The van der Waals surface area contributed by atoms with Crippen LogP contribution in [0.4, 0.5) is 0 Å². The van der Waals surface area contributed by atoms with E-state index < -0.39 is 0 Å². The van der Waals surface area contributed by atoms with Gasteiger partial charge in [-0.2, -0.15) is 5.10 Å². The fourth-order valence-electron chi connectivity index (χ4n) is 2.29. The van der Waals surface area contributed by atoms with Crippen LogP contribution in [0.25, 0.3) is 11.4 Å². The summed E-state index contributed by atoms with van der Waals surface area (Å²) in [7, 11) is 0. The van der Waals surface area contributed by atoms with Gasteiger partial charge in [-0.3, -0.25) is 10.1 Å². The summed E-state index contributed by atoms with van der Waals surface area (Å²) in [5, 5.41) is 7.21. The van der Waals surface area contributed by atoms with Crippen LogP contribution in [-0.2, 0) is 6.54 Å². The van der Waals surface area contributed by atoms with Gasteiger partial charge < -0.3 is 4.57 Å². The average molecular weight is 290 g/mol. The number of unbranched alkanes of at least 4 members (excludes halogenated alkanes) is 5. The Labute approximate surface area is 125 Å². The monoisotopic (exact) mass is 290 g/mol. The highest BCUT2D eigenvalue weighted by Gasteiger charge is 2.08. The van der Waals surface area contributed by atoms with E-state index in [-0.39, 0.29) is 0 Å². The quantitative estimate of drug-likeness (QED) is 0.580. The Bertz CT molecular complexity index is 559. The van der Waals surface area contributed by atoms with E-state index in [1.807, 2.05) is 18.3 Å². The normalized spacial score (nSPS) is 10.8. The molecule has 0 amide bonds. The zero-order chi connectivity index (χ0) is 14.2. The molecule has 2 rings (SSSR count). The van der Waals surface area contributed by atoms with E-state index in [0.717, 1.165) is 24.4 Å². The molecule has 0 spiro atoms. The Kier molecular flexibility index (Phi) is 5.92. The van der Waals surface area contributed by atoms with Gasteiger partial charge >= 0.3 is 0 Å². The highest BCUT2D eigenvalue weighted by atomic mass is 32.1. The molecule has 4 nitrogen and oxygen atoms in total. The van der Waals surface area contributed by atoms with E-state index in [0.29, 0.717) is 4.77 Å². The molecule has 0 saturated carbocycles. The third-order valence-electron chi connectivity index (χ3n) is 3.41. The smallest absolute Gasteiger partial charge is 0.195 e. The third kappa shape index (κ3) is 4.00. The molecule has 2 heterocycles. The van der Waals surface area contributed by atoms with E-state index in [4.69, 9.17) is 12.2 Å². The second kappa shape index (κ2) is 7.94. The van der Waals surface area contributed by atoms with Crippen molar-refractivity contribution in [1.29, 1.82) is 0 Å². The van der Waals surface area contributed by atoms with E-state index in [9.17, 15) is 0 Å². The van der Waals surface area contributed by atoms with Crippen LogP contribution in [0.1, 0.15) is 45.4 Å². The molecule has 0 aliphatic carbocycles. The van der Waals surface area contributed by atoms with Crippen LogP contribution in [0.15, 0.2) is 24.5 Å². The van der Waals surface area contributed by atoms with Crippen molar-refractivity contribution >= 4 is 12.2 Å². The SMILES string of the molecule is CCCCCCCCn1c(-c2cccnc2)n[nH]c1=S. The molecule has 2 aromatic heterocycles. The molecular weight excluding hydrogens is 268 g/mol. The van der Waals surface area contributed by atoms with Gasteiger partial charge in [0.1, 0.15) is 0 Å². The Morgan fingerprint density at radius 3 is 2.75 bits per heavy atom. The Hall–Kier alpha value is -1.49. The van der Waals surface area contributed by atoms with Gasteiger partial charge in [-0.15, -0.1) is 0 Å². The molecule has 0 radical (unpaired) electrons. The minimum atomic E-state index is 0.692. The number of aromatic amines is 1. The van der Waals surface area contributed by atoms with Crippen molar-refractivity contribution in [3.05, 3.63) is 29.3 Å². The molecule has 0 bridgehead atoms. The van der Waals surface area contributed by atoms with Crippen molar-refractivity contribution < 1.29 is 0 Å². The molecule has 5 heteroatoms. The summed E-state index contributed by atoms with van der Waals surface area (Å²) in [6.45, 7) is 3.16. The number of aromatic nitrogens is 4. The number of hydrogen-bond acceptors (Lipinski definition) is 3. The van der Waals surface area contributed by atoms with Crippen molar-refractivity contribution in [2.75, 3.05) is 0 Å². The lowest BCUT2D eigenvalue weighted by Crippen LogP contribution is -2.01. The van der Waals surface area contributed by atoms with E-state index >= 15 is 0 Å². The Balaban J connectivity index is 1.95. The molecule has 0 unspecified atom stereocenters. The molecule has 0 aliphatic rings. The molecule has 20 heavy (non-hydrogen) atoms. The summed E-state index contributed by atoms with van der Waals surface area (Å²) >= 11 is 5.32. The molecular formula is C15H22N4S. The molecule has 1 N–H and O–H groups in total. The standard InChI is InChI=1S/C15H22N4S/c1-2-3-4-5-6-7-11-19-14(17-18-15(19)20)13-9-8-10-16-12-13/h8-10,12H,2-7,11H2,1H3,(H,18,20). The number of hydrogen-bond donors (Lipinski definition) is 1. The van der Waals surface area contributed by atoms with Crippen LogP contribution < -0.4 is 0 Å². The molecule has 0 aromatic carbocycles. The lowest BCUT2D eigenvalue weighted by molar-refractivity contribution is 0.557. The fourth-order valence-corrected chi connectivity index (χ4v) is 2.51. The predicted octanol–water partition coefficient (Wildman–Crippen LogP) is 4.36. The van der Waals surface area contributed by atoms with Crippen LogP contribution >= 0.6 is 12.2 Å². The van der Waals surface area contributed by atoms with Crippen LogP contribution in [0.2, 0.25) is 0 Å². The second-order valence-electron chi connectivity index (χ2n) is 5.01. The largest absolute Gasteiger partial charge is 0.300 e. The Morgan fingerprint density at radius 1 is 1.20 bits per heavy atom. The van der Waals surface area contributed by atoms with Crippen LogP contribution in [0.3, 0.4) is 0 Å². The average Bonchev–Trinajstić information content (AvgIpc) is 2.85. The molecule has 0 atom stereocenters. The summed E-state index contributed by atoms with van der Waals surface area (Å²) in [5.74, 6) is 0.886. The van der Waals surface area contributed by atoms with Crippen molar-refractivity contribution in [3.63, 3.8) is 0 Å². The summed E-state index contributed by atoms with van der Waals surface area (Å²) < 4.78 is 2.77. The summed E-state index contributed by atoms with van der Waals surface area (Å²) in [6.07, 6.45) is 11.3. The number of H-pyrrole nitrogens is 1. The number of nitrogens with one attached hydrogen (secondary N) is 1. The first-order chi connectivity index (χ1) is 9.83. The molecule has 2 aromatic rings. The van der Waals surface area contributed by atoms with Gasteiger partial charge in [-0.1, -0.05) is 39.0 Å². The maximum atomic E-state index is 5.32. The van der Waals surface area contributed by atoms with E-state index in [2.05, 4.69) is 26.7 Å². The highest BCUT2D eigenvalue weighted by Crippen LogP contribution is 2.16. The van der Waals surface area contributed by atoms with Crippen molar-refractivity contribution in [1.82, 2.24) is 19.7 Å². The third-order valence-corrected chi connectivity index (χ3v) is 3.72. The van der Waals surface area contributed by atoms with Gasteiger partial charge in [0, 0.05) is 24.5 Å². The van der Waals surface area contributed by atoms with Gasteiger partial charge in [0.25, 0.3) is 0 Å². The lowest BCUT2D eigenvalue weighted by atomic mass is 10.1. The lowest BCUT2D eigenvalue weighted by Gasteiger charge is -2.06. The molecule has 0 fully saturated rings. The van der Waals surface area contributed by atoms with Gasteiger partial charge in [0.05, 0.1) is 0 Å². The van der Waals surface area contributed by atoms with Gasteiger partial charge in [0.2, 0.25) is 0 Å². The summed E-state index contributed by atoms with van der Waals surface area (Å²) in [6, 6.07) is 3.93. The summed E-state index contributed by atoms with van der Waals surface area (Å²) in [5.41, 5.74) is 1.01. The van der Waals surface area contributed by atoms with Gasteiger partial charge in [-0.05, 0) is 30.8 Å². The molecule has 0 saturated heterocycles. The topological polar surface area (TPSA) is 46.5 Å². The van der Waals surface area contributed by atoms with Crippen LogP contribution in [-0.4, -0.2) is 19.7 Å². The molecule has 0 aliphatic heterocycles. The fraction of sp³-hybridized carbons (Fsp3) is 0.533. The number of rotatable bonds is 8. The zero-order valence-corrected chi connectivity index (χ0v) is 12.8. The van der Waals surface area contributed by atoms with Crippen LogP contribution in [0.5, 0.6) is 0 Å². The van der Waals surface area contributed by atoms with E-state index in [1.54, 1.807) is 6.20 Å². The van der Waals surface area contributed by atoms with E-state index in [1.165, 1.54) is 32.1 Å². The first-order valence-electron chi connectivity index (χ1n) is 7.38. The van der Waals surface area contributed by atoms with Crippen molar-refractivity contribution in [2.24, 2.45) is 0 Å². The first-order valence-corrected chi connectivity index (χ1v) is 7.79. The minimum Gasteiger partial charge on any atom is -0.300 e. The van der Waals surface area contributed by atoms with Gasteiger partial charge in [-0.25, -0.2) is 0 Å².